The standard InChI is InChI=1S/C14H30N2/c1-5-15-13(3)9-7-11-16-10-6-8-12(2)14(16)4/h12-15H,5-11H2,1-4H3. The second-order valence-corrected chi connectivity index (χ2v) is 5.50. The molecule has 1 N–H and O–H groups in total. The zero-order chi connectivity index (χ0) is 12.0. The molecule has 0 spiro atoms. The van der Waals surface area contributed by atoms with Crippen molar-refractivity contribution in [2.75, 3.05) is 19.6 Å². The third-order valence-corrected chi connectivity index (χ3v) is 4.14. The van der Waals surface area contributed by atoms with Crippen molar-refractivity contribution in [2.24, 2.45) is 5.92 Å². The Hall–Kier alpha value is -0.0800. The SMILES string of the molecule is CCNC(C)CCCN1CCCC(C)C1C. The second-order valence-electron chi connectivity index (χ2n) is 5.50. The minimum Gasteiger partial charge on any atom is -0.315 e. The molecule has 1 aliphatic rings. The number of likely N-dealkylation sites (tertiary alicyclic amines) is 1. The van der Waals surface area contributed by atoms with Gasteiger partial charge in [0.05, 0.1) is 0 Å². The van der Waals surface area contributed by atoms with Crippen LogP contribution in [0.15, 0.2) is 0 Å². The van der Waals surface area contributed by atoms with Gasteiger partial charge in [-0.15, -0.1) is 0 Å². The first kappa shape index (κ1) is 14.0. The third-order valence-electron chi connectivity index (χ3n) is 4.14. The molecule has 0 radical (unpaired) electrons. The lowest BCUT2D eigenvalue weighted by Gasteiger charge is -2.38. The maximum Gasteiger partial charge on any atom is 0.00925 e. The van der Waals surface area contributed by atoms with Gasteiger partial charge in [-0.3, -0.25) is 0 Å². The Morgan fingerprint density at radius 1 is 1.38 bits per heavy atom. The summed E-state index contributed by atoms with van der Waals surface area (Å²) in [6.45, 7) is 13.0. The van der Waals surface area contributed by atoms with Crippen LogP contribution in [0.25, 0.3) is 0 Å². The first-order chi connectivity index (χ1) is 7.65. The van der Waals surface area contributed by atoms with Gasteiger partial charge in [-0.2, -0.15) is 0 Å². The van der Waals surface area contributed by atoms with Crippen molar-refractivity contribution in [3.05, 3.63) is 0 Å². The lowest BCUT2D eigenvalue weighted by Crippen LogP contribution is -2.43. The quantitative estimate of drug-likeness (QED) is 0.749. The maximum absolute atomic E-state index is 3.48. The van der Waals surface area contributed by atoms with Crippen LogP contribution in [-0.2, 0) is 0 Å². The monoisotopic (exact) mass is 226 g/mol. The summed E-state index contributed by atoms with van der Waals surface area (Å²) in [7, 11) is 0. The van der Waals surface area contributed by atoms with Gasteiger partial charge in [0, 0.05) is 12.1 Å². The first-order valence-corrected chi connectivity index (χ1v) is 7.12. The van der Waals surface area contributed by atoms with Crippen LogP contribution < -0.4 is 5.32 Å². The van der Waals surface area contributed by atoms with E-state index in [1.165, 1.54) is 38.8 Å². The zero-order valence-electron chi connectivity index (χ0n) is 11.6. The molecule has 2 nitrogen and oxygen atoms in total. The third kappa shape index (κ3) is 4.42. The van der Waals surface area contributed by atoms with E-state index in [0.29, 0.717) is 6.04 Å². The van der Waals surface area contributed by atoms with E-state index in [2.05, 4.69) is 37.9 Å². The minimum absolute atomic E-state index is 0.683. The van der Waals surface area contributed by atoms with E-state index in [1.54, 1.807) is 0 Å². The summed E-state index contributed by atoms with van der Waals surface area (Å²) in [5, 5.41) is 3.48. The molecule has 0 bridgehead atoms. The van der Waals surface area contributed by atoms with Crippen molar-refractivity contribution in [2.45, 2.75) is 65.5 Å². The summed E-state index contributed by atoms with van der Waals surface area (Å²) in [5.74, 6) is 0.889. The molecule has 1 saturated heterocycles. The van der Waals surface area contributed by atoms with Crippen molar-refractivity contribution in [3.8, 4) is 0 Å². The van der Waals surface area contributed by atoms with E-state index in [0.717, 1.165) is 18.5 Å². The molecule has 16 heavy (non-hydrogen) atoms. The van der Waals surface area contributed by atoms with E-state index in [1.807, 2.05) is 0 Å². The van der Waals surface area contributed by atoms with Crippen LogP contribution in [-0.4, -0.2) is 36.6 Å². The molecular weight excluding hydrogens is 196 g/mol. The van der Waals surface area contributed by atoms with E-state index >= 15 is 0 Å². The highest BCUT2D eigenvalue weighted by molar-refractivity contribution is 4.78. The van der Waals surface area contributed by atoms with Crippen molar-refractivity contribution in [1.82, 2.24) is 10.2 Å². The summed E-state index contributed by atoms with van der Waals surface area (Å²) in [4.78, 5) is 2.69. The molecule has 2 heteroatoms. The van der Waals surface area contributed by atoms with Gasteiger partial charge in [0.15, 0.2) is 0 Å². The fourth-order valence-electron chi connectivity index (χ4n) is 2.79. The first-order valence-electron chi connectivity index (χ1n) is 7.12. The van der Waals surface area contributed by atoms with Gasteiger partial charge in [0.2, 0.25) is 0 Å². The van der Waals surface area contributed by atoms with Crippen molar-refractivity contribution in [1.29, 1.82) is 0 Å². The van der Waals surface area contributed by atoms with Crippen molar-refractivity contribution in [3.63, 3.8) is 0 Å². The van der Waals surface area contributed by atoms with Crippen molar-refractivity contribution < 1.29 is 0 Å². The summed E-state index contributed by atoms with van der Waals surface area (Å²) in [6, 6.07) is 1.48. The normalized spacial score (nSPS) is 29.2. The summed E-state index contributed by atoms with van der Waals surface area (Å²) in [6.07, 6.45) is 5.47. The molecule has 1 heterocycles. The largest absolute Gasteiger partial charge is 0.315 e. The van der Waals surface area contributed by atoms with Crippen LogP contribution in [0.5, 0.6) is 0 Å². The zero-order valence-corrected chi connectivity index (χ0v) is 11.6. The Morgan fingerprint density at radius 2 is 2.12 bits per heavy atom. The van der Waals surface area contributed by atoms with E-state index in [4.69, 9.17) is 0 Å². The summed E-state index contributed by atoms with van der Waals surface area (Å²) < 4.78 is 0. The van der Waals surface area contributed by atoms with Gasteiger partial charge in [-0.05, 0) is 65.1 Å². The topological polar surface area (TPSA) is 15.3 Å². The van der Waals surface area contributed by atoms with Gasteiger partial charge in [-0.25, -0.2) is 0 Å². The highest BCUT2D eigenvalue weighted by atomic mass is 15.2. The number of hydrogen-bond acceptors (Lipinski definition) is 2. The number of nitrogens with zero attached hydrogens (tertiary/aromatic N) is 1. The van der Waals surface area contributed by atoms with E-state index in [9.17, 15) is 0 Å². The molecule has 1 rings (SSSR count). The molecule has 0 aliphatic carbocycles. The van der Waals surface area contributed by atoms with Gasteiger partial charge < -0.3 is 10.2 Å². The molecule has 0 aromatic rings. The molecule has 0 saturated carbocycles. The van der Waals surface area contributed by atoms with Crippen molar-refractivity contribution >= 4 is 0 Å². The Morgan fingerprint density at radius 3 is 2.81 bits per heavy atom. The molecule has 0 amide bonds. The van der Waals surface area contributed by atoms with Crippen LogP contribution >= 0.6 is 0 Å². The average Bonchev–Trinajstić information content (AvgIpc) is 2.25. The molecule has 1 aliphatic heterocycles. The van der Waals surface area contributed by atoms with Gasteiger partial charge >= 0.3 is 0 Å². The summed E-state index contributed by atoms with van der Waals surface area (Å²) >= 11 is 0. The number of nitrogens with one attached hydrogen (secondary N) is 1. The maximum atomic E-state index is 3.48. The predicted octanol–water partition coefficient (Wildman–Crippen LogP) is 2.89. The summed E-state index contributed by atoms with van der Waals surface area (Å²) in [5.41, 5.74) is 0. The molecular formula is C14H30N2. The lowest BCUT2D eigenvalue weighted by atomic mass is 9.92. The number of piperidine rings is 1. The Labute approximate surface area is 102 Å². The predicted molar refractivity (Wildman–Crippen MR) is 71.8 cm³/mol. The fraction of sp³-hybridized carbons (Fsp3) is 1.00. The van der Waals surface area contributed by atoms with Crippen LogP contribution in [0.1, 0.15) is 53.4 Å². The Bertz CT molecular complexity index is 182. The van der Waals surface area contributed by atoms with Gasteiger partial charge in [0.1, 0.15) is 0 Å². The van der Waals surface area contributed by atoms with Crippen LogP contribution in [0.2, 0.25) is 0 Å². The lowest BCUT2D eigenvalue weighted by molar-refractivity contribution is 0.111. The molecule has 1 fully saturated rings. The average molecular weight is 226 g/mol. The molecule has 3 atom stereocenters. The van der Waals surface area contributed by atoms with Gasteiger partial charge in [0.25, 0.3) is 0 Å². The minimum atomic E-state index is 0.683. The van der Waals surface area contributed by atoms with Crippen LogP contribution in [0, 0.1) is 5.92 Å². The molecule has 0 aromatic heterocycles. The molecule has 3 unspecified atom stereocenters. The molecule has 0 aromatic carbocycles. The Balaban J connectivity index is 2.16. The van der Waals surface area contributed by atoms with Crippen LogP contribution in [0.4, 0.5) is 0 Å². The van der Waals surface area contributed by atoms with E-state index in [-0.39, 0.29) is 0 Å². The van der Waals surface area contributed by atoms with E-state index < -0.39 is 0 Å². The Kier molecular flexibility index (Phi) is 6.37. The highest BCUT2D eigenvalue weighted by Crippen LogP contribution is 2.22. The van der Waals surface area contributed by atoms with Crippen LogP contribution in [0.3, 0.4) is 0 Å². The van der Waals surface area contributed by atoms with Gasteiger partial charge in [-0.1, -0.05) is 13.8 Å². The second kappa shape index (κ2) is 7.29. The molecule has 96 valence electrons. The number of rotatable bonds is 6. The fourth-order valence-corrected chi connectivity index (χ4v) is 2.79. The number of hydrogen-bond donors (Lipinski definition) is 1. The smallest absolute Gasteiger partial charge is 0.00925 e. The highest BCUT2D eigenvalue weighted by Gasteiger charge is 2.23.